The minimum atomic E-state index is 0.948. The van der Waals surface area contributed by atoms with Gasteiger partial charge >= 0.3 is 0 Å². The molecule has 0 aliphatic heterocycles. The molecule has 0 fully saturated rings. The summed E-state index contributed by atoms with van der Waals surface area (Å²) in [5.41, 5.74) is 2.28. The summed E-state index contributed by atoms with van der Waals surface area (Å²) in [4.78, 5) is 0. The summed E-state index contributed by atoms with van der Waals surface area (Å²) < 4.78 is 1.95. The van der Waals surface area contributed by atoms with Crippen LogP contribution in [-0.4, -0.2) is 9.78 Å². The van der Waals surface area contributed by atoms with Crippen LogP contribution in [0.2, 0.25) is 0 Å². The highest BCUT2D eigenvalue weighted by atomic mass is 15.3. The molecule has 0 amide bonds. The van der Waals surface area contributed by atoms with Crippen molar-refractivity contribution in [3.05, 3.63) is 30.1 Å². The lowest BCUT2D eigenvalue weighted by Gasteiger charge is -1.99. The maximum absolute atomic E-state index is 4.26. The summed E-state index contributed by atoms with van der Waals surface area (Å²) in [5.74, 6) is 0. The van der Waals surface area contributed by atoms with Crippen LogP contribution in [0.1, 0.15) is 19.0 Å². The van der Waals surface area contributed by atoms with Gasteiger partial charge in [0.25, 0.3) is 0 Å². The molecule has 2 heteroatoms. The van der Waals surface area contributed by atoms with Crippen LogP contribution in [0.5, 0.6) is 0 Å². The molecular weight excluding hydrogens is 136 g/mol. The van der Waals surface area contributed by atoms with Crippen LogP contribution in [0.15, 0.2) is 24.4 Å². The first kappa shape index (κ1) is 8.05. The summed E-state index contributed by atoms with van der Waals surface area (Å²) in [7, 11) is 0. The first-order valence-electron chi connectivity index (χ1n) is 3.83. The zero-order chi connectivity index (χ0) is 8.27. The highest BCUT2D eigenvalue weighted by Gasteiger charge is 1.92. The molecule has 0 saturated heterocycles. The van der Waals surface area contributed by atoms with Crippen molar-refractivity contribution in [3.8, 4) is 0 Å². The van der Waals surface area contributed by atoms with Crippen molar-refractivity contribution in [2.24, 2.45) is 0 Å². The van der Waals surface area contributed by atoms with Crippen molar-refractivity contribution >= 4 is 0 Å². The van der Waals surface area contributed by atoms with Gasteiger partial charge in [-0.1, -0.05) is 5.57 Å². The molecule has 1 aromatic heterocycles. The Hall–Kier alpha value is -1.05. The lowest BCUT2D eigenvalue weighted by molar-refractivity contribution is 0.608. The van der Waals surface area contributed by atoms with Crippen LogP contribution in [-0.2, 0) is 6.54 Å². The number of aromatic nitrogens is 2. The quantitative estimate of drug-likeness (QED) is 0.604. The number of aryl methyl sites for hydroxylation is 2. The predicted molar refractivity (Wildman–Crippen MR) is 46.4 cm³/mol. The van der Waals surface area contributed by atoms with E-state index in [4.69, 9.17) is 0 Å². The van der Waals surface area contributed by atoms with E-state index in [1.807, 2.05) is 30.8 Å². The molecule has 0 aliphatic rings. The molecular formula is C9H14N2. The molecule has 60 valence electrons. The second-order valence-electron chi connectivity index (χ2n) is 2.93. The first-order valence-corrected chi connectivity index (χ1v) is 3.83. The van der Waals surface area contributed by atoms with Gasteiger partial charge in [0.2, 0.25) is 0 Å². The van der Waals surface area contributed by atoms with E-state index in [-0.39, 0.29) is 0 Å². The number of rotatable bonds is 3. The zero-order valence-electron chi connectivity index (χ0n) is 7.17. The highest BCUT2D eigenvalue weighted by molar-refractivity contribution is 4.95. The monoisotopic (exact) mass is 150 g/mol. The van der Waals surface area contributed by atoms with Crippen LogP contribution >= 0.6 is 0 Å². The molecule has 0 aromatic carbocycles. The smallest absolute Gasteiger partial charge is 0.0593 e. The molecule has 1 heterocycles. The third-order valence-electron chi connectivity index (χ3n) is 1.54. The Morgan fingerprint density at radius 3 is 2.91 bits per heavy atom. The summed E-state index contributed by atoms with van der Waals surface area (Å²) in [6, 6.07) is 2.01. The molecule has 0 unspecified atom stereocenters. The van der Waals surface area contributed by atoms with Gasteiger partial charge in [-0.05, 0) is 26.3 Å². The van der Waals surface area contributed by atoms with E-state index in [1.54, 1.807) is 0 Å². The summed E-state index contributed by atoms with van der Waals surface area (Å²) >= 11 is 0. The molecule has 0 spiro atoms. The Bertz CT molecular complexity index is 248. The van der Waals surface area contributed by atoms with Crippen LogP contribution in [0, 0.1) is 6.92 Å². The average molecular weight is 150 g/mol. The minimum absolute atomic E-state index is 0.948. The number of hydrogen-bond donors (Lipinski definition) is 0. The molecule has 0 saturated carbocycles. The van der Waals surface area contributed by atoms with Crippen molar-refractivity contribution in [1.82, 2.24) is 9.78 Å². The predicted octanol–water partition coefficient (Wildman–Crippen LogP) is 2.16. The number of allylic oxidation sites excluding steroid dienone is 1. The minimum Gasteiger partial charge on any atom is -0.272 e. The summed E-state index contributed by atoms with van der Waals surface area (Å²) in [6.45, 7) is 8.82. The fraction of sp³-hybridized carbons (Fsp3) is 0.444. The zero-order valence-corrected chi connectivity index (χ0v) is 7.17. The molecule has 2 nitrogen and oxygen atoms in total. The Balaban J connectivity index is 2.45. The number of hydrogen-bond acceptors (Lipinski definition) is 1. The fourth-order valence-electron chi connectivity index (χ4n) is 0.893. The van der Waals surface area contributed by atoms with E-state index in [0.29, 0.717) is 0 Å². The van der Waals surface area contributed by atoms with Crippen molar-refractivity contribution in [1.29, 1.82) is 0 Å². The van der Waals surface area contributed by atoms with Gasteiger partial charge < -0.3 is 0 Å². The van der Waals surface area contributed by atoms with Crippen molar-refractivity contribution in [2.75, 3.05) is 0 Å². The molecule has 1 aromatic rings. The Morgan fingerprint density at radius 1 is 1.73 bits per heavy atom. The average Bonchev–Trinajstić information content (AvgIpc) is 2.31. The van der Waals surface area contributed by atoms with Gasteiger partial charge in [0.05, 0.1) is 5.69 Å². The van der Waals surface area contributed by atoms with Gasteiger partial charge in [0, 0.05) is 12.7 Å². The van der Waals surface area contributed by atoms with Gasteiger partial charge in [0.1, 0.15) is 0 Å². The summed E-state index contributed by atoms with van der Waals surface area (Å²) in [6.07, 6.45) is 3.01. The van der Waals surface area contributed by atoms with Gasteiger partial charge in [-0.15, -0.1) is 6.58 Å². The Labute approximate surface area is 67.5 Å². The fourth-order valence-corrected chi connectivity index (χ4v) is 0.893. The van der Waals surface area contributed by atoms with E-state index >= 15 is 0 Å². The topological polar surface area (TPSA) is 17.8 Å². The van der Waals surface area contributed by atoms with Gasteiger partial charge in [-0.25, -0.2) is 0 Å². The normalized spacial score (nSPS) is 10.0. The van der Waals surface area contributed by atoms with Gasteiger partial charge in [-0.2, -0.15) is 5.10 Å². The van der Waals surface area contributed by atoms with Crippen LogP contribution in [0.4, 0.5) is 0 Å². The molecule has 0 bridgehead atoms. The third-order valence-corrected chi connectivity index (χ3v) is 1.54. The lowest BCUT2D eigenvalue weighted by atomic mass is 10.2. The Morgan fingerprint density at radius 2 is 2.45 bits per heavy atom. The molecule has 0 atom stereocenters. The van der Waals surface area contributed by atoms with E-state index in [0.717, 1.165) is 18.7 Å². The Kier molecular flexibility index (Phi) is 2.47. The van der Waals surface area contributed by atoms with Crippen molar-refractivity contribution in [3.63, 3.8) is 0 Å². The SMILES string of the molecule is C=C(C)CCn1ccc(C)n1. The molecule has 1 rings (SSSR count). The highest BCUT2D eigenvalue weighted by Crippen LogP contribution is 1.99. The van der Waals surface area contributed by atoms with E-state index in [2.05, 4.69) is 11.7 Å². The van der Waals surface area contributed by atoms with Crippen molar-refractivity contribution < 1.29 is 0 Å². The third kappa shape index (κ3) is 2.58. The molecule has 0 aliphatic carbocycles. The first-order chi connectivity index (χ1) is 5.18. The van der Waals surface area contributed by atoms with Crippen LogP contribution < -0.4 is 0 Å². The maximum Gasteiger partial charge on any atom is 0.0593 e. The second-order valence-corrected chi connectivity index (χ2v) is 2.93. The molecule has 11 heavy (non-hydrogen) atoms. The standard InChI is InChI=1S/C9H14N2/c1-8(2)4-6-11-7-5-9(3)10-11/h5,7H,1,4,6H2,2-3H3. The summed E-state index contributed by atoms with van der Waals surface area (Å²) in [5, 5.41) is 4.26. The van der Waals surface area contributed by atoms with Gasteiger partial charge in [0.15, 0.2) is 0 Å². The van der Waals surface area contributed by atoms with E-state index < -0.39 is 0 Å². The molecule has 0 radical (unpaired) electrons. The largest absolute Gasteiger partial charge is 0.272 e. The number of nitrogens with zero attached hydrogens (tertiary/aromatic N) is 2. The van der Waals surface area contributed by atoms with Crippen LogP contribution in [0.3, 0.4) is 0 Å². The van der Waals surface area contributed by atoms with E-state index in [9.17, 15) is 0 Å². The van der Waals surface area contributed by atoms with Gasteiger partial charge in [-0.3, -0.25) is 4.68 Å². The maximum atomic E-state index is 4.26. The van der Waals surface area contributed by atoms with Crippen molar-refractivity contribution in [2.45, 2.75) is 26.8 Å². The molecule has 0 N–H and O–H groups in total. The second kappa shape index (κ2) is 3.37. The van der Waals surface area contributed by atoms with E-state index in [1.165, 1.54) is 5.57 Å². The van der Waals surface area contributed by atoms with Crippen LogP contribution in [0.25, 0.3) is 0 Å². The lowest BCUT2D eigenvalue weighted by Crippen LogP contribution is -1.98.